The largest absolute Gasteiger partial charge is 0.270 e. The van der Waals surface area contributed by atoms with Crippen molar-refractivity contribution in [3.63, 3.8) is 0 Å². The summed E-state index contributed by atoms with van der Waals surface area (Å²) in [5, 5.41) is 4.37. The molecule has 0 bridgehead atoms. The molecule has 0 N–H and O–H groups in total. The highest BCUT2D eigenvalue weighted by Crippen LogP contribution is 2.12. The van der Waals surface area contributed by atoms with Crippen LogP contribution in [0.15, 0.2) is 4.79 Å². The number of nitrogens with zero attached hydrogens (tertiary/aromatic N) is 2. The lowest BCUT2D eigenvalue weighted by Gasteiger charge is -2.02. The Kier molecular flexibility index (Phi) is 2.00. The molecule has 1 rings (SSSR count). The van der Waals surface area contributed by atoms with Crippen molar-refractivity contribution >= 4 is 11.6 Å². The molecule has 3 nitrogen and oxygen atoms in total. The van der Waals surface area contributed by atoms with Crippen LogP contribution >= 0.6 is 11.6 Å². The minimum atomic E-state index is -0.138. The van der Waals surface area contributed by atoms with Crippen LogP contribution in [0.5, 0.6) is 0 Å². The molecular weight excluding hydrogens is 164 g/mol. The van der Waals surface area contributed by atoms with Crippen molar-refractivity contribution in [3.8, 4) is 0 Å². The number of aryl methyl sites for hydroxylation is 2. The van der Waals surface area contributed by atoms with Crippen molar-refractivity contribution in [2.24, 2.45) is 7.05 Å². The molecule has 0 atom stereocenters. The molecule has 0 saturated heterocycles. The Balaban J connectivity index is 3.59. The molecule has 1 heterocycles. The van der Waals surface area contributed by atoms with Crippen LogP contribution in [0.25, 0.3) is 0 Å². The van der Waals surface area contributed by atoms with Gasteiger partial charge in [-0.2, -0.15) is 5.10 Å². The molecule has 0 aliphatic heterocycles. The number of aromatic nitrogens is 2. The summed E-state index contributed by atoms with van der Waals surface area (Å²) in [5.74, 6) is 0. The second kappa shape index (κ2) is 2.66. The monoisotopic (exact) mass is 172 g/mol. The lowest BCUT2D eigenvalue weighted by molar-refractivity contribution is 0.686. The van der Waals surface area contributed by atoms with E-state index in [0.717, 1.165) is 0 Å². The van der Waals surface area contributed by atoms with Crippen LogP contribution in [-0.2, 0) is 7.05 Å². The first-order chi connectivity index (χ1) is 5.04. The van der Waals surface area contributed by atoms with Gasteiger partial charge in [0.15, 0.2) is 0 Å². The molecule has 0 saturated carbocycles. The first kappa shape index (κ1) is 8.27. The van der Waals surface area contributed by atoms with Crippen molar-refractivity contribution in [2.75, 3.05) is 0 Å². The van der Waals surface area contributed by atoms with E-state index in [4.69, 9.17) is 11.6 Å². The second-order valence-electron chi connectivity index (χ2n) is 2.45. The molecule has 60 valence electrons. The number of hydrogen-bond donors (Lipinski definition) is 0. The quantitative estimate of drug-likeness (QED) is 0.587. The fourth-order valence-corrected chi connectivity index (χ4v) is 1.04. The van der Waals surface area contributed by atoms with Gasteiger partial charge in [-0.3, -0.25) is 4.79 Å². The zero-order chi connectivity index (χ0) is 8.59. The van der Waals surface area contributed by atoms with E-state index in [1.54, 1.807) is 20.9 Å². The predicted molar refractivity (Wildman–Crippen MR) is 44.0 cm³/mol. The molecule has 0 aromatic carbocycles. The highest BCUT2D eigenvalue weighted by Gasteiger charge is 2.05. The average Bonchev–Trinajstić information content (AvgIpc) is 1.97. The maximum atomic E-state index is 11.2. The van der Waals surface area contributed by atoms with E-state index >= 15 is 0 Å². The minimum absolute atomic E-state index is 0.138. The van der Waals surface area contributed by atoms with E-state index in [9.17, 15) is 4.79 Å². The zero-order valence-corrected chi connectivity index (χ0v) is 7.44. The zero-order valence-electron chi connectivity index (χ0n) is 6.68. The van der Waals surface area contributed by atoms with Crippen LogP contribution in [0, 0.1) is 13.8 Å². The second-order valence-corrected chi connectivity index (χ2v) is 2.83. The topological polar surface area (TPSA) is 34.9 Å². The van der Waals surface area contributed by atoms with E-state index < -0.39 is 0 Å². The molecule has 0 amide bonds. The Hall–Kier alpha value is -0.830. The van der Waals surface area contributed by atoms with Crippen molar-refractivity contribution in [1.29, 1.82) is 0 Å². The SMILES string of the molecule is Cc1nn(C)c(=O)c(C)c1Cl. The van der Waals surface area contributed by atoms with E-state index in [1.807, 2.05) is 0 Å². The third-order valence-electron chi connectivity index (χ3n) is 1.56. The van der Waals surface area contributed by atoms with E-state index in [0.29, 0.717) is 16.3 Å². The van der Waals surface area contributed by atoms with Crippen LogP contribution in [0.1, 0.15) is 11.3 Å². The highest BCUT2D eigenvalue weighted by atomic mass is 35.5. The Morgan fingerprint density at radius 1 is 1.45 bits per heavy atom. The fraction of sp³-hybridized carbons (Fsp3) is 0.429. The molecule has 0 spiro atoms. The molecule has 0 fully saturated rings. The van der Waals surface area contributed by atoms with Crippen molar-refractivity contribution in [3.05, 3.63) is 26.6 Å². The maximum absolute atomic E-state index is 11.2. The third-order valence-corrected chi connectivity index (χ3v) is 2.12. The standard InChI is InChI=1S/C7H9ClN2O/c1-4-6(8)5(2)9-10(3)7(4)11/h1-3H3. The predicted octanol–water partition coefficient (Wildman–Crippen LogP) is 1.05. The van der Waals surface area contributed by atoms with Crippen LogP contribution in [-0.4, -0.2) is 9.78 Å². The van der Waals surface area contributed by atoms with Gasteiger partial charge in [0.1, 0.15) is 0 Å². The van der Waals surface area contributed by atoms with Gasteiger partial charge in [0.2, 0.25) is 0 Å². The Labute approximate surface area is 69.6 Å². The molecular formula is C7H9ClN2O. The summed E-state index contributed by atoms with van der Waals surface area (Å²) in [5.41, 5.74) is 1.11. The molecule has 0 unspecified atom stereocenters. The summed E-state index contributed by atoms with van der Waals surface area (Å²) >= 11 is 5.78. The van der Waals surface area contributed by atoms with Crippen LogP contribution < -0.4 is 5.56 Å². The van der Waals surface area contributed by atoms with Crippen LogP contribution in [0.3, 0.4) is 0 Å². The van der Waals surface area contributed by atoms with Crippen molar-refractivity contribution in [1.82, 2.24) is 9.78 Å². The molecule has 1 aromatic heterocycles. The van der Waals surface area contributed by atoms with Gasteiger partial charge >= 0.3 is 0 Å². The summed E-state index contributed by atoms with van der Waals surface area (Å²) in [6.07, 6.45) is 0. The van der Waals surface area contributed by atoms with E-state index in [1.165, 1.54) is 4.68 Å². The summed E-state index contributed by atoms with van der Waals surface area (Å²) < 4.78 is 1.29. The summed E-state index contributed by atoms with van der Waals surface area (Å²) in [6.45, 7) is 3.47. The lowest BCUT2D eigenvalue weighted by atomic mass is 10.3. The van der Waals surface area contributed by atoms with Gasteiger partial charge in [0.25, 0.3) is 5.56 Å². The van der Waals surface area contributed by atoms with E-state index in [-0.39, 0.29) is 5.56 Å². The van der Waals surface area contributed by atoms with Crippen LogP contribution in [0.4, 0.5) is 0 Å². The Morgan fingerprint density at radius 2 is 2.00 bits per heavy atom. The molecule has 11 heavy (non-hydrogen) atoms. The molecule has 0 radical (unpaired) electrons. The van der Waals surface area contributed by atoms with Gasteiger partial charge in [-0.25, -0.2) is 4.68 Å². The number of rotatable bonds is 0. The van der Waals surface area contributed by atoms with Gasteiger partial charge in [-0.15, -0.1) is 0 Å². The molecule has 0 aliphatic carbocycles. The lowest BCUT2D eigenvalue weighted by Crippen LogP contribution is -2.23. The first-order valence-corrected chi connectivity index (χ1v) is 3.62. The first-order valence-electron chi connectivity index (χ1n) is 3.24. The molecule has 0 aliphatic rings. The Bertz CT molecular complexity index is 343. The Morgan fingerprint density at radius 3 is 2.55 bits per heavy atom. The fourth-order valence-electron chi connectivity index (χ4n) is 0.922. The maximum Gasteiger partial charge on any atom is 0.270 e. The normalized spacial score (nSPS) is 10.2. The van der Waals surface area contributed by atoms with Gasteiger partial charge in [0, 0.05) is 12.6 Å². The van der Waals surface area contributed by atoms with Gasteiger partial charge in [-0.05, 0) is 13.8 Å². The highest BCUT2D eigenvalue weighted by molar-refractivity contribution is 6.31. The van der Waals surface area contributed by atoms with Gasteiger partial charge in [0.05, 0.1) is 10.7 Å². The van der Waals surface area contributed by atoms with Crippen molar-refractivity contribution in [2.45, 2.75) is 13.8 Å². The van der Waals surface area contributed by atoms with Gasteiger partial charge < -0.3 is 0 Å². The third kappa shape index (κ3) is 1.28. The average molecular weight is 173 g/mol. The molecule has 1 aromatic rings. The van der Waals surface area contributed by atoms with Crippen molar-refractivity contribution < 1.29 is 0 Å². The van der Waals surface area contributed by atoms with Crippen LogP contribution in [0.2, 0.25) is 5.02 Å². The molecule has 4 heteroatoms. The summed E-state index contributed by atoms with van der Waals surface area (Å²) in [4.78, 5) is 11.2. The number of halogens is 1. The summed E-state index contributed by atoms with van der Waals surface area (Å²) in [7, 11) is 1.61. The minimum Gasteiger partial charge on any atom is -0.267 e. The summed E-state index contributed by atoms with van der Waals surface area (Å²) in [6, 6.07) is 0. The van der Waals surface area contributed by atoms with Gasteiger partial charge in [-0.1, -0.05) is 11.6 Å². The number of hydrogen-bond acceptors (Lipinski definition) is 2. The van der Waals surface area contributed by atoms with E-state index in [2.05, 4.69) is 5.10 Å². The smallest absolute Gasteiger partial charge is 0.267 e.